The van der Waals surface area contributed by atoms with E-state index in [9.17, 15) is 18.9 Å². The zero-order valence-electron chi connectivity index (χ0n) is 19.6. The molecule has 2 atom stereocenters. The van der Waals surface area contributed by atoms with Gasteiger partial charge in [0.1, 0.15) is 5.82 Å². The molecule has 0 aliphatic carbocycles. The minimum atomic E-state index is -2.27. The van der Waals surface area contributed by atoms with E-state index in [1.165, 1.54) is 6.92 Å². The Morgan fingerprint density at radius 1 is 1.20 bits per heavy atom. The highest BCUT2D eigenvalue weighted by atomic mass is 32.2. The number of carbonyl (C=O) groups excluding carboxylic acids is 2. The molecule has 3 rings (SSSR count). The van der Waals surface area contributed by atoms with Gasteiger partial charge in [0.05, 0.1) is 23.8 Å². The summed E-state index contributed by atoms with van der Waals surface area (Å²) in [5, 5.41) is 15.7. The number of nitrogens with one attached hydrogen (secondary N) is 2. The lowest BCUT2D eigenvalue weighted by atomic mass is 10.0. The van der Waals surface area contributed by atoms with Crippen molar-refractivity contribution >= 4 is 39.9 Å². The van der Waals surface area contributed by atoms with E-state index in [1.54, 1.807) is 55.6 Å². The molecule has 1 aromatic heterocycles. The lowest BCUT2D eigenvalue weighted by molar-refractivity contribution is 0.101. The molecule has 3 N–H and O–H groups in total. The quantitative estimate of drug-likeness (QED) is 0.254. The fourth-order valence-corrected chi connectivity index (χ4v) is 3.76. The number of amides is 1. The number of aromatic nitrogens is 2. The van der Waals surface area contributed by atoms with E-state index in [2.05, 4.69) is 29.7 Å². The van der Waals surface area contributed by atoms with E-state index in [-0.39, 0.29) is 31.0 Å². The molecule has 2 aromatic carbocycles. The summed E-state index contributed by atoms with van der Waals surface area (Å²) in [4.78, 5) is 32.5. The molecule has 0 bridgehead atoms. The van der Waals surface area contributed by atoms with Crippen LogP contribution in [-0.2, 0) is 15.3 Å². The number of hydrogen-bond donors (Lipinski definition) is 4. The van der Waals surface area contributed by atoms with Gasteiger partial charge in [-0.3, -0.25) is 4.79 Å². The largest absolute Gasteiger partial charge is 0.448 e. The minimum Gasteiger partial charge on any atom is -0.448 e. The highest BCUT2D eigenvalue weighted by Gasteiger charge is 2.13. The third kappa shape index (κ3) is 7.08. The molecule has 0 saturated heterocycles. The van der Waals surface area contributed by atoms with Crippen LogP contribution in [0.3, 0.4) is 0 Å². The lowest BCUT2D eigenvalue weighted by Crippen LogP contribution is -2.21. The average molecular weight is 498 g/mol. The second kappa shape index (κ2) is 12.0. The number of carbonyl (C=O) groups is 2. The highest BCUT2D eigenvalue weighted by Crippen LogP contribution is 2.29. The van der Waals surface area contributed by atoms with Crippen LogP contribution < -0.4 is 10.6 Å². The van der Waals surface area contributed by atoms with Crippen molar-refractivity contribution in [3.05, 3.63) is 60.3 Å². The molecule has 1 heterocycles. The van der Waals surface area contributed by atoms with E-state index < -0.39 is 16.7 Å². The molecule has 0 fully saturated rings. The Bertz CT molecular complexity index is 1290. The van der Waals surface area contributed by atoms with Gasteiger partial charge in [-0.1, -0.05) is 18.2 Å². The SMILES string of the molecule is CCOC(=O)/N=[SH](=O)/c1ccc(Nc2ncc(-c3cccc(C(C)=O)c3)c(N[C@H](C)CO)n2)cc1. The normalized spacial score (nSPS) is 12.6. The maximum atomic E-state index is 12.2. The van der Waals surface area contributed by atoms with Crippen molar-refractivity contribution in [1.29, 1.82) is 0 Å². The van der Waals surface area contributed by atoms with Gasteiger partial charge < -0.3 is 20.5 Å². The summed E-state index contributed by atoms with van der Waals surface area (Å²) in [6, 6.07) is 13.4. The molecular weight excluding hydrogens is 470 g/mol. The van der Waals surface area contributed by atoms with Crippen molar-refractivity contribution in [1.82, 2.24) is 9.97 Å². The van der Waals surface area contributed by atoms with E-state index in [4.69, 9.17) is 0 Å². The van der Waals surface area contributed by atoms with Crippen LogP contribution in [0.5, 0.6) is 0 Å². The van der Waals surface area contributed by atoms with Gasteiger partial charge in [-0.2, -0.15) is 4.98 Å². The summed E-state index contributed by atoms with van der Waals surface area (Å²) in [6.07, 6.45) is 0.764. The number of aliphatic hydroxyl groups is 1. The number of aliphatic hydroxyl groups excluding tert-OH is 1. The van der Waals surface area contributed by atoms with Crippen LogP contribution in [0.4, 0.5) is 22.2 Å². The summed E-state index contributed by atoms with van der Waals surface area (Å²) in [7, 11) is -2.27. The van der Waals surface area contributed by atoms with Crippen LogP contribution in [0.15, 0.2) is 64.0 Å². The molecule has 0 saturated carbocycles. The monoisotopic (exact) mass is 497 g/mol. The molecule has 0 aliphatic rings. The zero-order valence-corrected chi connectivity index (χ0v) is 20.5. The van der Waals surface area contributed by atoms with Crippen LogP contribution in [0, 0.1) is 0 Å². The molecule has 0 aliphatic heterocycles. The maximum absolute atomic E-state index is 12.2. The number of ketones is 1. The van der Waals surface area contributed by atoms with Gasteiger partial charge in [-0.25, -0.2) is 14.0 Å². The van der Waals surface area contributed by atoms with Gasteiger partial charge >= 0.3 is 6.09 Å². The number of Topliss-reactive ketones (excluding diaryl/α,β-unsaturated/α-hetero) is 1. The molecule has 10 nitrogen and oxygen atoms in total. The second-order valence-corrected chi connectivity index (χ2v) is 8.83. The Morgan fingerprint density at radius 2 is 1.94 bits per heavy atom. The summed E-state index contributed by atoms with van der Waals surface area (Å²) < 4.78 is 20.4. The first kappa shape index (κ1) is 25.8. The van der Waals surface area contributed by atoms with Crippen molar-refractivity contribution in [2.24, 2.45) is 4.36 Å². The number of rotatable bonds is 9. The molecule has 0 spiro atoms. The summed E-state index contributed by atoms with van der Waals surface area (Å²) >= 11 is 0. The number of nitrogens with zero attached hydrogens (tertiary/aromatic N) is 3. The Kier molecular flexibility index (Phi) is 8.87. The summed E-state index contributed by atoms with van der Waals surface area (Å²) in [6.45, 7) is 5.01. The van der Waals surface area contributed by atoms with Gasteiger partial charge in [0.25, 0.3) is 0 Å². The molecule has 11 heteroatoms. The van der Waals surface area contributed by atoms with Crippen molar-refractivity contribution in [3.63, 3.8) is 0 Å². The number of anilines is 3. The minimum absolute atomic E-state index is 0.0514. The molecule has 184 valence electrons. The first-order valence-corrected chi connectivity index (χ1v) is 12.1. The van der Waals surface area contributed by atoms with Gasteiger partial charge in [-0.15, -0.1) is 4.36 Å². The van der Waals surface area contributed by atoms with E-state index in [0.717, 1.165) is 5.56 Å². The van der Waals surface area contributed by atoms with Gasteiger partial charge in [0.2, 0.25) is 5.95 Å². The second-order valence-electron chi connectivity index (χ2n) is 7.56. The van der Waals surface area contributed by atoms with Crippen molar-refractivity contribution in [2.75, 3.05) is 23.8 Å². The average Bonchev–Trinajstić information content (AvgIpc) is 2.84. The molecule has 0 radical (unpaired) electrons. The van der Waals surface area contributed by atoms with Crippen molar-refractivity contribution in [2.45, 2.75) is 31.7 Å². The third-order valence-electron chi connectivity index (χ3n) is 4.81. The third-order valence-corrected chi connectivity index (χ3v) is 5.90. The Morgan fingerprint density at radius 3 is 2.60 bits per heavy atom. The Hall–Kier alpha value is -3.83. The fourth-order valence-electron chi connectivity index (χ4n) is 3.03. The van der Waals surface area contributed by atoms with Crippen LogP contribution in [0.1, 0.15) is 31.1 Å². The highest BCUT2D eigenvalue weighted by molar-refractivity contribution is 7.75. The summed E-state index contributed by atoms with van der Waals surface area (Å²) in [5.74, 6) is 0.722. The van der Waals surface area contributed by atoms with Gasteiger partial charge in [0, 0.05) is 33.9 Å². The molecule has 1 unspecified atom stereocenters. The van der Waals surface area contributed by atoms with Gasteiger partial charge in [0.15, 0.2) is 5.78 Å². The predicted octanol–water partition coefficient (Wildman–Crippen LogP) is 4.06. The Balaban J connectivity index is 1.87. The molecular formula is C24H27N5O5S. The first-order chi connectivity index (χ1) is 16.8. The zero-order chi connectivity index (χ0) is 25.4. The van der Waals surface area contributed by atoms with Crippen molar-refractivity contribution in [3.8, 4) is 11.1 Å². The van der Waals surface area contributed by atoms with E-state index in [1.807, 2.05) is 13.0 Å². The predicted molar refractivity (Wildman–Crippen MR) is 135 cm³/mol. The fraction of sp³-hybridized carbons (Fsp3) is 0.250. The summed E-state index contributed by atoms with van der Waals surface area (Å²) in [5.41, 5.74) is 2.63. The van der Waals surface area contributed by atoms with Crippen LogP contribution in [-0.4, -0.2) is 50.4 Å². The lowest BCUT2D eigenvalue weighted by Gasteiger charge is -2.17. The molecule has 35 heavy (non-hydrogen) atoms. The van der Waals surface area contributed by atoms with Crippen LogP contribution >= 0.6 is 0 Å². The van der Waals surface area contributed by atoms with Crippen LogP contribution in [0.2, 0.25) is 0 Å². The maximum Gasteiger partial charge on any atom is 0.441 e. The van der Waals surface area contributed by atoms with E-state index >= 15 is 0 Å². The number of thiol groups is 1. The smallest absolute Gasteiger partial charge is 0.441 e. The molecule has 1 amide bonds. The number of ether oxygens (including phenoxy) is 1. The molecule has 3 aromatic rings. The number of benzene rings is 2. The Labute approximate surface area is 205 Å². The van der Waals surface area contributed by atoms with E-state index in [0.29, 0.717) is 27.5 Å². The topological polar surface area (TPSA) is 143 Å². The van der Waals surface area contributed by atoms with Crippen LogP contribution in [0.25, 0.3) is 11.1 Å². The van der Waals surface area contributed by atoms with Crippen molar-refractivity contribution < 1.29 is 23.6 Å². The number of hydrogen-bond acceptors (Lipinski definition) is 9. The standard InChI is InChI=1S/C24H27N5O5S/c1-4-34-24(32)29-35(33)20-10-8-19(9-11-20)27-23-25-13-21(22(28-23)26-15(2)14-30)18-7-5-6-17(12-18)16(3)31/h5-13,15,30,35H,4,14H2,1-3H3,(H2,25,26,27,28)/t15-/m1/s1. The first-order valence-electron chi connectivity index (χ1n) is 10.9. The van der Waals surface area contributed by atoms with Gasteiger partial charge in [-0.05, 0) is 56.7 Å².